The highest BCUT2D eigenvalue weighted by molar-refractivity contribution is 9.10. The van der Waals surface area contributed by atoms with Crippen LogP contribution in [-0.4, -0.2) is 59.8 Å². The summed E-state index contributed by atoms with van der Waals surface area (Å²) in [6.45, 7) is -0.402. The fourth-order valence-corrected chi connectivity index (χ4v) is 2.81. The first kappa shape index (κ1) is 14.1. The summed E-state index contributed by atoms with van der Waals surface area (Å²) >= 11 is 9.08. The van der Waals surface area contributed by atoms with Gasteiger partial charge in [-0.2, -0.15) is 0 Å². The molecule has 0 unspecified atom stereocenters. The van der Waals surface area contributed by atoms with Crippen molar-refractivity contribution in [2.75, 3.05) is 6.61 Å². The molecule has 2 aromatic rings. The number of halogens is 2. The number of nitrogens with zero attached hydrogens (tertiary/aromatic N) is 4. The molecule has 0 aliphatic carbocycles. The van der Waals surface area contributed by atoms with Crippen molar-refractivity contribution in [1.82, 2.24) is 19.5 Å². The van der Waals surface area contributed by atoms with E-state index in [1.54, 1.807) is 0 Å². The normalized spacial score (nSPS) is 30.2. The summed E-state index contributed by atoms with van der Waals surface area (Å²) < 4.78 is 7.13. The monoisotopic (exact) mass is 364 g/mol. The quantitative estimate of drug-likeness (QED) is 0.501. The lowest BCUT2D eigenvalue weighted by Crippen LogP contribution is -2.33. The average Bonchev–Trinajstić information content (AvgIpc) is 2.93. The largest absolute Gasteiger partial charge is 0.394 e. The summed E-state index contributed by atoms with van der Waals surface area (Å²) in [5.74, 6) is 0. The maximum absolute atomic E-state index is 10.0. The third kappa shape index (κ3) is 2.10. The van der Waals surface area contributed by atoms with Crippen LogP contribution < -0.4 is 0 Å². The van der Waals surface area contributed by atoms with Crippen molar-refractivity contribution in [1.29, 1.82) is 0 Å². The van der Waals surface area contributed by atoms with E-state index in [0.717, 1.165) is 0 Å². The van der Waals surface area contributed by atoms with Gasteiger partial charge in [0.05, 0.1) is 12.9 Å². The number of hydrogen-bond donors (Lipinski definition) is 3. The van der Waals surface area contributed by atoms with Crippen LogP contribution in [0.15, 0.2) is 11.1 Å². The van der Waals surface area contributed by atoms with Gasteiger partial charge in [-0.15, -0.1) is 0 Å². The van der Waals surface area contributed by atoms with Crippen molar-refractivity contribution in [3.8, 4) is 0 Å². The highest BCUT2D eigenvalue weighted by Crippen LogP contribution is 2.32. The summed E-state index contributed by atoms with van der Waals surface area (Å²) in [5.41, 5.74) is 0.708. The first-order chi connectivity index (χ1) is 9.52. The molecule has 3 rings (SSSR count). The first-order valence-corrected chi connectivity index (χ1v) is 6.88. The van der Waals surface area contributed by atoms with Crippen LogP contribution in [0.2, 0.25) is 5.15 Å². The highest BCUT2D eigenvalue weighted by atomic mass is 79.9. The maximum Gasteiger partial charge on any atom is 0.200 e. The zero-order chi connectivity index (χ0) is 14.4. The fourth-order valence-electron chi connectivity index (χ4n) is 2.15. The second kappa shape index (κ2) is 5.17. The lowest BCUT2D eigenvalue weighted by atomic mass is 10.1. The fraction of sp³-hybridized carbons (Fsp3) is 0.500. The zero-order valence-electron chi connectivity index (χ0n) is 9.89. The van der Waals surface area contributed by atoms with E-state index >= 15 is 0 Å². The van der Waals surface area contributed by atoms with Gasteiger partial charge in [-0.1, -0.05) is 11.6 Å². The zero-order valence-corrected chi connectivity index (χ0v) is 12.2. The Morgan fingerprint density at radius 1 is 1.35 bits per heavy atom. The minimum atomic E-state index is -1.21. The molecular weight excluding hydrogens is 355 g/mol. The molecule has 1 aliphatic rings. The SMILES string of the molecule is OC[C@H]1O[C@@H](n2cnc3c(Cl)nc(Br)nc32)[C@H](O)[C@@H]1O. The van der Waals surface area contributed by atoms with Gasteiger partial charge in [0.15, 0.2) is 21.8 Å². The molecule has 0 saturated carbocycles. The van der Waals surface area contributed by atoms with Gasteiger partial charge in [-0.25, -0.2) is 15.0 Å². The van der Waals surface area contributed by atoms with Gasteiger partial charge in [0.1, 0.15) is 23.8 Å². The predicted octanol–water partition coefficient (Wildman–Crippen LogP) is -0.146. The summed E-state index contributed by atoms with van der Waals surface area (Å²) in [7, 11) is 0. The molecule has 10 heteroatoms. The van der Waals surface area contributed by atoms with Crippen LogP contribution in [-0.2, 0) is 4.74 Å². The number of ether oxygens (including phenoxy) is 1. The van der Waals surface area contributed by atoms with Gasteiger partial charge in [-0.3, -0.25) is 4.57 Å². The van der Waals surface area contributed by atoms with Gasteiger partial charge in [0, 0.05) is 0 Å². The van der Waals surface area contributed by atoms with Gasteiger partial charge in [0.25, 0.3) is 0 Å². The Morgan fingerprint density at radius 2 is 2.10 bits per heavy atom. The topological polar surface area (TPSA) is 114 Å². The van der Waals surface area contributed by atoms with Crippen molar-refractivity contribution >= 4 is 38.7 Å². The third-order valence-corrected chi connectivity index (χ3v) is 3.76. The maximum atomic E-state index is 10.0. The molecule has 0 radical (unpaired) electrons. The van der Waals surface area contributed by atoms with E-state index in [-0.39, 0.29) is 9.89 Å². The molecule has 108 valence electrons. The van der Waals surface area contributed by atoms with Crippen LogP contribution in [0.3, 0.4) is 0 Å². The summed E-state index contributed by atoms with van der Waals surface area (Å²) in [5, 5.41) is 29.0. The van der Waals surface area contributed by atoms with E-state index in [1.165, 1.54) is 10.9 Å². The average molecular weight is 366 g/mol. The molecule has 0 aromatic carbocycles. The molecule has 1 fully saturated rings. The lowest BCUT2D eigenvalue weighted by Gasteiger charge is -2.16. The second-order valence-electron chi connectivity index (χ2n) is 4.34. The Morgan fingerprint density at radius 3 is 2.75 bits per heavy atom. The van der Waals surface area contributed by atoms with Gasteiger partial charge in [-0.05, 0) is 15.9 Å². The molecule has 3 N–H and O–H groups in total. The van der Waals surface area contributed by atoms with Crippen molar-refractivity contribution in [2.24, 2.45) is 0 Å². The summed E-state index contributed by atoms with van der Waals surface area (Å²) in [6.07, 6.45) is -2.80. The van der Waals surface area contributed by atoms with Crippen LogP contribution >= 0.6 is 27.5 Å². The number of aliphatic hydroxyl groups excluding tert-OH is 3. The van der Waals surface area contributed by atoms with Crippen molar-refractivity contribution in [2.45, 2.75) is 24.5 Å². The van der Waals surface area contributed by atoms with Crippen molar-refractivity contribution < 1.29 is 20.1 Å². The van der Waals surface area contributed by atoms with Crippen LogP contribution in [0.5, 0.6) is 0 Å². The molecule has 0 amide bonds. The first-order valence-electron chi connectivity index (χ1n) is 5.71. The smallest absolute Gasteiger partial charge is 0.200 e. The van der Waals surface area contributed by atoms with E-state index in [4.69, 9.17) is 21.4 Å². The Bertz CT molecular complexity index is 653. The molecule has 0 spiro atoms. The molecule has 2 aromatic heterocycles. The molecule has 4 atom stereocenters. The third-order valence-electron chi connectivity index (χ3n) is 3.14. The molecular formula is C10H10BrClN4O4. The minimum absolute atomic E-state index is 0.160. The molecule has 20 heavy (non-hydrogen) atoms. The summed E-state index contributed by atoms with van der Waals surface area (Å²) in [4.78, 5) is 12.1. The standard InChI is InChI=1S/C10H10BrClN4O4/c11-10-14-7(12)4-8(15-10)16(2-13-4)9-6(19)5(18)3(1-17)20-9/h2-3,5-6,9,17-19H,1H2/t3-,5-,6-,9-/m1/s1. The van der Waals surface area contributed by atoms with Crippen molar-refractivity contribution in [3.05, 3.63) is 16.2 Å². The van der Waals surface area contributed by atoms with E-state index in [1.807, 2.05) is 0 Å². The number of aromatic nitrogens is 4. The predicted molar refractivity (Wildman–Crippen MR) is 71.0 cm³/mol. The number of aliphatic hydroxyl groups is 3. The van der Waals surface area contributed by atoms with E-state index in [2.05, 4.69) is 30.9 Å². The molecule has 3 heterocycles. The number of fused-ring (bicyclic) bond motifs is 1. The Kier molecular flexibility index (Phi) is 3.65. The highest BCUT2D eigenvalue weighted by Gasteiger charge is 2.44. The Labute approximate surface area is 126 Å². The van der Waals surface area contributed by atoms with Gasteiger partial charge < -0.3 is 20.1 Å². The lowest BCUT2D eigenvalue weighted by molar-refractivity contribution is -0.0511. The molecule has 1 saturated heterocycles. The van der Waals surface area contributed by atoms with Crippen LogP contribution in [0.4, 0.5) is 0 Å². The van der Waals surface area contributed by atoms with Crippen molar-refractivity contribution in [3.63, 3.8) is 0 Å². The number of imidazole rings is 1. The van der Waals surface area contributed by atoms with Crippen LogP contribution in [0.1, 0.15) is 6.23 Å². The molecule has 0 bridgehead atoms. The Hall–Kier alpha value is -0.840. The van der Waals surface area contributed by atoms with Gasteiger partial charge in [0.2, 0.25) is 0 Å². The van der Waals surface area contributed by atoms with Gasteiger partial charge >= 0.3 is 0 Å². The van der Waals surface area contributed by atoms with E-state index < -0.39 is 31.1 Å². The second-order valence-corrected chi connectivity index (χ2v) is 5.40. The number of rotatable bonds is 2. The van der Waals surface area contributed by atoms with E-state index in [0.29, 0.717) is 11.2 Å². The molecule has 1 aliphatic heterocycles. The molecule has 8 nitrogen and oxygen atoms in total. The minimum Gasteiger partial charge on any atom is -0.394 e. The van der Waals surface area contributed by atoms with Crippen LogP contribution in [0, 0.1) is 0 Å². The van der Waals surface area contributed by atoms with Crippen LogP contribution in [0.25, 0.3) is 11.2 Å². The van der Waals surface area contributed by atoms with E-state index in [9.17, 15) is 10.2 Å². The summed E-state index contributed by atoms with van der Waals surface area (Å²) in [6, 6.07) is 0. The Balaban J connectivity index is 2.07. The number of hydrogen-bond acceptors (Lipinski definition) is 7.